The first-order valence-electron chi connectivity index (χ1n) is 8.58. The molecule has 0 spiro atoms. The molecule has 1 aromatic heterocycles. The number of nitrogens with one attached hydrogen (secondary N) is 1. The summed E-state index contributed by atoms with van der Waals surface area (Å²) < 4.78 is 10.9. The minimum Gasteiger partial charge on any atom is -0.497 e. The van der Waals surface area contributed by atoms with Crippen molar-refractivity contribution in [1.82, 2.24) is 9.97 Å². The number of hydrogen-bond donors (Lipinski definition) is 1. The largest absolute Gasteiger partial charge is 0.497 e. The molecule has 0 saturated heterocycles. The van der Waals surface area contributed by atoms with Gasteiger partial charge in [0.2, 0.25) is 5.88 Å². The van der Waals surface area contributed by atoms with Crippen LogP contribution in [0.1, 0.15) is 36.7 Å². The Morgan fingerprint density at radius 1 is 1.21 bits per heavy atom. The van der Waals surface area contributed by atoms with Crippen molar-refractivity contribution in [2.75, 3.05) is 19.0 Å². The van der Waals surface area contributed by atoms with Crippen molar-refractivity contribution in [2.24, 2.45) is 0 Å². The molecule has 0 radical (unpaired) electrons. The molecule has 5 nitrogen and oxygen atoms in total. The van der Waals surface area contributed by atoms with Crippen molar-refractivity contribution in [3.8, 4) is 11.6 Å². The van der Waals surface area contributed by atoms with Crippen LogP contribution < -0.4 is 14.8 Å². The topological polar surface area (TPSA) is 56.3 Å². The van der Waals surface area contributed by atoms with Gasteiger partial charge in [0.15, 0.2) is 0 Å². The summed E-state index contributed by atoms with van der Waals surface area (Å²) in [6, 6.07) is 8.63. The van der Waals surface area contributed by atoms with E-state index in [1.54, 1.807) is 7.11 Å². The summed E-state index contributed by atoms with van der Waals surface area (Å²) in [6.45, 7) is 4.45. The van der Waals surface area contributed by atoms with Gasteiger partial charge in [-0.05, 0) is 62.8 Å². The summed E-state index contributed by atoms with van der Waals surface area (Å²) in [7, 11) is 1.72. The fourth-order valence-electron chi connectivity index (χ4n) is 3.24. The molecule has 2 aromatic rings. The highest BCUT2D eigenvalue weighted by atomic mass is 16.5. The van der Waals surface area contributed by atoms with E-state index < -0.39 is 0 Å². The Kier molecular flexibility index (Phi) is 5.18. The van der Waals surface area contributed by atoms with E-state index in [2.05, 4.69) is 33.5 Å². The monoisotopic (exact) mass is 327 g/mol. The number of aryl methyl sites for hydroxylation is 2. The Morgan fingerprint density at radius 2 is 2.08 bits per heavy atom. The molecule has 1 N–H and O–H groups in total. The molecule has 128 valence electrons. The van der Waals surface area contributed by atoms with E-state index in [0.29, 0.717) is 18.5 Å². The number of nitrogens with zero attached hydrogens (tertiary/aromatic N) is 2. The Balaban J connectivity index is 1.77. The van der Waals surface area contributed by atoms with Crippen molar-refractivity contribution in [3.63, 3.8) is 0 Å². The normalized spacial score (nSPS) is 16.9. The van der Waals surface area contributed by atoms with Crippen LogP contribution in [-0.2, 0) is 12.8 Å². The van der Waals surface area contributed by atoms with Crippen molar-refractivity contribution in [3.05, 3.63) is 41.2 Å². The Hall–Kier alpha value is -2.30. The minimum atomic E-state index is 0.349. The van der Waals surface area contributed by atoms with Gasteiger partial charge in [0.1, 0.15) is 17.4 Å². The molecule has 0 fully saturated rings. The molecule has 1 unspecified atom stereocenters. The lowest BCUT2D eigenvalue weighted by Crippen LogP contribution is -2.22. The predicted molar refractivity (Wildman–Crippen MR) is 95.0 cm³/mol. The number of fused-ring (bicyclic) bond motifs is 1. The first kappa shape index (κ1) is 16.6. The maximum atomic E-state index is 5.52. The van der Waals surface area contributed by atoms with Crippen LogP contribution in [0, 0.1) is 6.92 Å². The van der Waals surface area contributed by atoms with Gasteiger partial charge in [-0.3, -0.25) is 0 Å². The second kappa shape index (κ2) is 7.51. The first-order valence-corrected chi connectivity index (χ1v) is 8.58. The van der Waals surface area contributed by atoms with Gasteiger partial charge in [0, 0.05) is 12.1 Å². The molecular formula is C19H25N3O2. The number of rotatable bonds is 5. The van der Waals surface area contributed by atoms with E-state index in [9.17, 15) is 0 Å². The third-order valence-corrected chi connectivity index (χ3v) is 4.34. The molecule has 0 saturated carbocycles. The molecule has 0 aliphatic heterocycles. The van der Waals surface area contributed by atoms with Gasteiger partial charge in [0.25, 0.3) is 0 Å². The molecule has 1 aliphatic carbocycles. The van der Waals surface area contributed by atoms with E-state index in [1.165, 1.54) is 17.5 Å². The third-order valence-electron chi connectivity index (χ3n) is 4.34. The van der Waals surface area contributed by atoms with E-state index in [-0.39, 0.29) is 0 Å². The lowest BCUT2D eigenvalue weighted by molar-refractivity contribution is 0.325. The molecule has 3 rings (SSSR count). The minimum absolute atomic E-state index is 0.349. The van der Waals surface area contributed by atoms with Crippen molar-refractivity contribution < 1.29 is 9.47 Å². The fourth-order valence-corrected chi connectivity index (χ4v) is 3.24. The lowest BCUT2D eigenvalue weighted by atomic mass is 10.0. The molecule has 0 bridgehead atoms. The summed E-state index contributed by atoms with van der Waals surface area (Å²) in [5, 5.41) is 3.57. The van der Waals surface area contributed by atoms with Crippen molar-refractivity contribution in [1.29, 1.82) is 0 Å². The van der Waals surface area contributed by atoms with Crippen LogP contribution in [0.15, 0.2) is 24.3 Å². The lowest BCUT2D eigenvalue weighted by Gasteiger charge is -2.18. The van der Waals surface area contributed by atoms with Gasteiger partial charge < -0.3 is 14.8 Å². The molecule has 1 atom stereocenters. The van der Waals surface area contributed by atoms with E-state index in [0.717, 1.165) is 36.7 Å². The van der Waals surface area contributed by atoms with Crippen LogP contribution in [-0.4, -0.2) is 29.7 Å². The highest BCUT2D eigenvalue weighted by Crippen LogP contribution is 2.26. The van der Waals surface area contributed by atoms with Crippen LogP contribution in [0.5, 0.6) is 11.6 Å². The number of methoxy groups -OCH3 is 1. The number of anilines is 1. The Bertz CT molecular complexity index is 703. The van der Waals surface area contributed by atoms with E-state index >= 15 is 0 Å². The number of ether oxygens (including phenoxy) is 2. The van der Waals surface area contributed by atoms with Crippen LogP contribution in [0.25, 0.3) is 0 Å². The fraction of sp³-hybridized carbons (Fsp3) is 0.474. The van der Waals surface area contributed by atoms with Gasteiger partial charge in [0.05, 0.1) is 13.7 Å². The molecule has 24 heavy (non-hydrogen) atoms. The van der Waals surface area contributed by atoms with Crippen LogP contribution >= 0.6 is 0 Å². The molecular weight excluding hydrogens is 302 g/mol. The first-order chi connectivity index (χ1) is 11.7. The molecule has 1 heterocycles. The summed E-state index contributed by atoms with van der Waals surface area (Å²) in [5.74, 6) is 3.11. The molecule has 0 amide bonds. The maximum Gasteiger partial charge on any atom is 0.218 e. The quantitative estimate of drug-likeness (QED) is 0.851. The SMILES string of the molecule is CCOc1cc(NC2CCCc3ccc(OC)cc3C2)nc(C)n1. The summed E-state index contributed by atoms with van der Waals surface area (Å²) in [5.41, 5.74) is 2.79. The zero-order chi connectivity index (χ0) is 16.9. The van der Waals surface area contributed by atoms with Gasteiger partial charge in [-0.15, -0.1) is 0 Å². The Morgan fingerprint density at radius 3 is 2.88 bits per heavy atom. The summed E-state index contributed by atoms with van der Waals surface area (Å²) in [6.07, 6.45) is 4.37. The van der Waals surface area contributed by atoms with Crippen molar-refractivity contribution in [2.45, 2.75) is 45.6 Å². The van der Waals surface area contributed by atoms with Gasteiger partial charge in [-0.2, -0.15) is 4.98 Å². The smallest absolute Gasteiger partial charge is 0.218 e. The van der Waals surface area contributed by atoms with E-state index in [4.69, 9.17) is 9.47 Å². The van der Waals surface area contributed by atoms with Gasteiger partial charge >= 0.3 is 0 Å². The number of hydrogen-bond acceptors (Lipinski definition) is 5. The van der Waals surface area contributed by atoms with Crippen LogP contribution in [0.2, 0.25) is 0 Å². The van der Waals surface area contributed by atoms with Crippen LogP contribution in [0.4, 0.5) is 5.82 Å². The van der Waals surface area contributed by atoms with Gasteiger partial charge in [-0.1, -0.05) is 6.07 Å². The second-order valence-corrected chi connectivity index (χ2v) is 6.14. The zero-order valence-corrected chi connectivity index (χ0v) is 14.6. The highest BCUT2D eigenvalue weighted by molar-refractivity contribution is 5.42. The number of benzene rings is 1. The average Bonchev–Trinajstić information content (AvgIpc) is 2.75. The standard InChI is InChI=1S/C19H25N3O2/c1-4-24-19-12-18(20-13(2)21-19)22-16-7-5-6-14-8-9-17(23-3)11-15(14)10-16/h8-9,11-12,16H,4-7,10H2,1-3H3,(H,20,21,22). The second-order valence-electron chi connectivity index (χ2n) is 6.14. The van der Waals surface area contributed by atoms with Crippen LogP contribution in [0.3, 0.4) is 0 Å². The predicted octanol–water partition coefficient (Wildman–Crippen LogP) is 3.55. The zero-order valence-electron chi connectivity index (χ0n) is 14.6. The van der Waals surface area contributed by atoms with Crippen molar-refractivity contribution >= 4 is 5.82 Å². The average molecular weight is 327 g/mol. The maximum absolute atomic E-state index is 5.52. The summed E-state index contributed by atoms with van der Waals surface area (Å²) >= 11 is 0. The molecule has 1 aromatic carbocycles. The van der Waals surface area contributed by atoms with Gasteiger partial charge in [-0.25, -0.2) is 4.98 Å². The molecule has 5 heteroatoms. The van der Waals surface area contributed by atoms with E-state index in [1.807, 2.05) is 19.9 Å². The third kappa shape index (κ3) is 3.96. The number of aromatic nitrogens is 2. The Labute approximate surface area is 143 Å². The summed E-state index contributed by atoms with van der Waals surface area (Å²) in [4.78, 5) is 8.81. The highest BCUT2D eigenvalue weighted by Gasteiger charge is 2.18. The molecule has 1 aliphatic rings.